The van der Waals surface area contributed by atoms with Crippen molar-refractivity contribution in [3.05, 3.63) is 34.9 Å². The zero-order valence-corrected chi connectivity index (χ0v) is 12.6. The van der Waals surface area contributed by atoms with Gasteiger partial charge in [0.05, 0.1) is 5.04 Å². The van der Waals surface area contributed by atoms with Gasteiger partial charge in [-0.3, -0.25) is 0 Å². The zero-order valence-electron chi connectivity index (χ0n) is 11.0. The van der Waals surface area contributed by atoms with Gasteiger partial charge in [0.25, 0.3) is 0 Å². The van der Waals surface area contributed by atoms with E-state index in [2.05, 4.69) is 9.98 Å². The van der Waals surface area contributed by atoms with Crippen LogP contribution in [0.3, 0.4) is 0 Å². The van der Waals surface area contributed by atoms with Crippen molar-refractivity contribution >= 4 is 40.1 Å². The van der Waals surface area contributed by atoms with Gasteiger partial charge in [0.15, 0.2) is 0 Å². The summed E-state index contributed by atoms with van der Waals surface area (Å²) in [5, 5.41) is 1.68. The van der Waals surface area contributed by atoms with Crippen LogP contribution < -0.4 is 0 Å². The molecule has 3 rings (SSSR count). The Labute approximate surface area is 127 Å². The van der Waals surface area contributed by atoms with Crippen molar-refractivity contribution in [3.8, 4) is 0 Å². The van der Waals surface area contributed by atoms with Gasteiger partial charge in [0, 0.05) is 22.4 Å². The van der Waals surface area contributed by atoms with E-state index in [0.717, 1.165) is 40.8 Å². The van der Waals surface area contributed by atoms with Gasteiger partial charge < -0.3 is 0 Å². The average Bonchev–Trinajstić information content (AvgIpc) is 2.46. The number of nitrogens with zero attached hydrogens (tertiary/aromatic N) is 2. The second kappa shape index (κ2) is 6.10. The van der Waals surface area contributed by atoms with Crippen LogP contribution in [0, 0.1) is 5.92 Å². The topological polar surface area (TPSA) is 41.8 Å². The number of carbonyl (C=O) groups excluding carboxylic acids is 1. The van der Waals surface area contributed by atoms with Gasteiger partial charge in [0.1, 0.15) is 0 Å². The molecule has 1 aliphatic carbocycles. The molecule has 1 aliphatic heterocycles. The molecule has 1 aromatic rings. The van der Waals surface area contributed by atoms with Gasteiger partial charge >= 0.3 is 6.03 Å². The molecule has 1 atom stereocenters. The summed E-state index contributed by atoms with van der Waals surface area (Å²) in [6.07, 6.45) is 4.34. The quantitative estimate of drug-likeness (QED) is 0.792. The number of rotatable bonds is 2. The van der Waals surface area contributed by atoms with E-state index in [1.807, 2.05) is 24.3 Å². The van der Waals surface area contributed by atoms with Crippen LogP contribution >= 0.6 is 23.4 Å². The highest BCUT2D eigenvalue weighted by Gasteiger charge is 2.30. The molecule has 0 aromatic heterocycles. The van der Waals surface area contributed by atoms with Crippen LogP contribution in [0.1, 0.15) is 31.2 Å². The minimum Gasteiger partial charge on any atom is -0.244 e. The Balaban J connectivity index is 1.70. The van der Waals surface area contributed by atoms with Gasteiger partial charge in [-0.05, 0) is 37.0 Å². The molecule has 20 heavy (non-hydrogen) atoms. The number of benzene rings is 1. The predicted octanol–water partition coefficient (Wildman–Crippen LogP) is 4.74. The lowest BCUT2D eigenvalue weighted by Gasteiger charge is -2.27. The maximum Gasteiger partial charge on any atom is 0.367 e. The Morgan fingerprint density at radius 3 is 2.80 bits per heavy atom. The summed E-state index contributed by atoms with van der Waals surface area (Å²) in [6.45, 7) is 0. The van der Waals surface area contributed by atoms with Crippen molar-refractivity contribution in [1.82, 2.24) is 0 Å². The van der Waals surface area contributed by atoms with Crippen molar-refractivity contribution in [2.75, 3.05) is 0 Å². The predicted molar refractivity (Wildman–Crippen MR) is 85.0 cm³/mol. The molecule has 0 radical (unpaired) electrons. The number of aliphatic imine (C=N–C) groups is 2. The molecular formula is C15H15ClN2OS. The first kappa shape index (κ1) is 13.8. The van der Waals surface area contributed by atoms with Gasteiger partial charge in [0.2, 0.25) is 0 Å². The molecule has 1 aromatic carbocycles. The molecule has 0 bridgehead atoms. The van der Waals surface area contributed by atoms with Crippen LogP contribution in [0.5, 0.6) is 0 Å². The van der Waals surface area contributed by atoms with Gasteiger partial charge in [-0.25, -0.2) is 9.79 Å². The van der Waals surface area contributed by atoms with Crippen molar-refractivity contribution < 1.29 is 4.79 Å². The maximum atomic E-state index is 11.6. The summed E-state index contributed by atoms with van der Waals surface area (Å²) in [4.78, 5) is 19.8. The van der Waals surface area contributed by atoms with E-state index >= 15 is 0 Å². The number of urea groups is 1. The summed E-state index contributed by atoms with van der Waals surface area (Å²) in [7, 11) is 0. The third-order valence-corrected chi connectivity index (χ3v) is 5.02. The number of hydrogen-bond donors (Lipinski definition) is 0. The molecule has 1 heterocycles. The molecule has 0 saturated heterocycles. The highest BCUT2D eigenvalue weighted by atomic mass is 35.5. The number of fused-ring (bicyclic) bond motifs is 1. The van der Waals surface area contributed by atoms with Crippen LogP contribution in [0.2, 0.25) is 5.02 Å². The van der Waals surface area contributed by atoms with Crippen molar-refractivity contribution in [3.63, 3.8) is 0 Å². The standard InChI is InChI=1S/C15H15ClN2OS/c16-11-7-5-10(6-8-11)9-20-14-12-3-1-2-4-13(12)17-15(19)18-14/h5-8,12H,1-4,9H2. The Kier molecular flexibility index (Phi) is 4.22. The number of hydrogen-bond acceptors (Lipinski definition) is 2. The summed E-state index contributed by atoms with van der Waals surface area (Å²) >= 11 is 7.53. The molecule has 1 unspecified atom stereocenters. The van der Waals surface area contributed by atoms with E-state index in [1.165, 1.54) is 12.0 Å². The van der Waals surface area contributed by atoms with E-state index < -0.39 is 0 Å². The Morgan fingerprint density at radius 1 is 1.20 bits per heavy atom. The fraction of sp³-hybridized carbons (Fsp3) is 0.400. The van der Waals surface area contributed by atoms with Crippen LogP contribution in [0.15, 0.2) is 34.3 Å². The van der Waals surface area contributed by atoms with Crippen LogP contribution in [0.25, 0.3) is 0 Å². The van der Waals surface area contributed by atoms with Crippen molar-refractivity contribution in [2.45, 2.75) is 31.4 Å². The Hall–Kier alpha value is -1.13. The first-order valence-corrected chi connectivity index (χ1v) is 8.16. The Bertz CT molecular complexity index is 580. The van der Waals surface area contributed by atoms with E-state index in [1.54, 1.807) is 11.8 Å². The number of amides is 2. The summed E-state index contributed by atoms with van der Waals surface area (Å²) in [5.74, 6) is 1.09. The number of carbonyl (C=O) groups is 1. The molecule has 5 heteroatoms. The second-order valence-electron chi connectivity index (χ2n) is 5.05. The Morgan fingerprint density at radius 2 is 2.00 bits per heavy atom. The van der Waals surface area contributed by atoms with Crippen molar-refractivity contribution in [1.29, 1.82) is 0 Å². The van der Waals surface area contributed by atoms with Crippen LogP contribution in [-0.2, 0) is 5.75 Å². The number of halogens is 1. The molecule has 3 nitrogen and oxygen atoms in total. The minimum atomic E-state index is -0.336. The van der Waals surface area contributed by atoms with Gasteiger partial charge in [-0.15, -0.1) is 11.8 Å². The third kappa shape index (κ3) is 3.13. The second-order valence-corrected chi connectivity index (χ2v) is 6.48. The maximum absolute atomic E-state index is 11.6. The van der Waals surface area contributed by atoms with E-state index in [9.17, 15) is 4.79 Å². The average molecular weight is 307 g/mol. The van der Waals surface area contributed by atoms with Crippen molar-refractivity contribution in [2.24, 2.45) is 15.9 Å². The lowest BCUT2D eigenvalue weighted by molar-refractivity contribution is 0.256. The molecule has 104 valence electrons. The molecule has 2 amide bonds. The summed E-state index contributed by atoms with van der Waals surface area (Å²) in [5.41, 5.74) is 2.23. The highest BCUT2D eigenvalue weighted by Crippen LogP contribution is 2.31. The molecule has 1 saturated carbocycles. The fourth-order valence-corrected chi connectivity index (χ4v) is 3.82. The van der Waals surface area contributed by atoms with Crippen LogP contribution in [-0.4, -0.2) is 16.8 Å². The summed E-state index contributed by atoms with van der Waals surface area (Å²) < 4.78 is 0. The fourth-order valence-electron chi connectivity index (χ4n) is 2.59. The normalized spacial score (nSPS) is 22.1. The lowest BCUT2D eigenvalue weighted by atomic mass is 9.87. The highest BCUT2D eigenvalue weighted by molar-refractivity contribution is 8.13. The molecular weight excluding hydrogens is 292 g/mol. The van der Waals surface area contributed by atoms with E-state index in [4.69, 9.17) is 11.6 Å². The molecule has 0 N–H and O–H groups in total. The number of thioether (sulfide) groups is 1. The van der Waals surface area contributed by atoms with Gasteiger partial charge in [-0.2, -0.15) is 4.99 Å². The van der Waals surface area contributed by atoms with Crippen LogP contribution in [0.4, 0.5) is 4.79 Å². The monoisotopic (exact) mass is 306 g/mol. The summed E-state index contributed by atoms with van der Waals surface area (Å²) in [6, 6.07) is 7.46. The smallest absolute Gasteiger partial charge is 0.244 e. The molecule has 0 spiro atoms. The van der Waals surface area contributed by atoms with Gasteiger partial charge in [-0.1, -0.05) is 30.2 Å². The molecule has 2 aliphatic rings. The first-order valence-electron chi connectivity index (χ1n) is 6.79. The molecule has 1 fully saturated rings. The third-order valence-electron chi connectivity index (χ3n) is 3.62. The SMILES string of the molecule is O=C1N=C2CCCCC2C(SCc2ccc(Cl)cc2)=N1. The first-order chi connectivity index (χ1) is 9.72. The lowest BCUT2D eigenvalue weighted by Crippen LogP contribution is -2.30. The van der Waals surface area contributed by atoms with E-state index in [0.29, 0.717) is 0 Å². The van der Waals surface area contributed by atoms with E-state index in [-0.39, 0.29) is 11.9 Å². The largest absolute Gasteiger partial charge is 0.367 e. The minimum absolute atomic E-state index is 0.277. The zero-order chi connectivity index (χ0) is 13.9.